The third-order valence-corrected chi connectivity index (χ3v) is 14.8. The van der Waals surface area contributed by atoms with Gasteiger partial charge in [0.1, 0.15) is 60.7 Å². The number of hydrogen-bond donors (Lipinski definition) is 9. The molecule has 5 fully saturated rings. The van der Waals surface area contributed by atoms with Crippen LogP contribution >= 0.6 is 0 Å². The molecular weight excluding hydrogens is 833 g/mol. The number of fused-ring (bicyclic) bond motifs is 1. The molecule has 9 N–H and O–H groups in total. The summed E-state index contributed by atoms with van der Waals surface area (Å²) in [6, 6.07) is 0. The van der Waals surface area contributed by atoms with Crippen molar-refractivity contribution in [2.75, 3.05) is 0 Å². The Bertz CT molecular complexity index is 1710. The maximum atomic E-state index is 14.9. The molecule has 16 nitrogen and oxygen atoms in total. The normalized spacial score (nSPS) is 45.4. The third-order valence-electron chi connectivity index (χ3n) is 14.8. The lowest BCUT2D eigenvalue weighted by Gasteiger charge is -2.52. The Labute approximate surface area is 378 Å². The molecular formula is C48H78O16. The highest BCUT2D eigenvalue weighted by Crippen LogP contribution is 2.58. The fourth-order valence-corrected chi connectivity index (χ4v) is 10.3. The topological polar surface area (TPSA) is 255 Å². The van der Waals surface area contributed by atoms with Crippen LogP contribution in [0.25, 0.3) is 0 Å². The lowest BCUT2D eigenvalue weighted by atomic mass is 9.53. The van der Waals surface area contributed by atoms with Crippen molar-refractivity contribution < 1.29 is 79.2 Å². The van der Waals surface area contributed by atoms with Crippen LogP contribution < -0.4 is 0 Å². The first kappa shape index (κ1) is 53.0. The molecule has 16 heteroatoms. The van der Waals surface area contributed by atoms with Crippen molar-refractivity contribution in [1.82, 2.24) is 0 Å². The summed E-state index contributed by atoms with van der Waals surface area (Å²) in [7, 11) is 0. The number of aliphatic hydroxyl groups is 9. The summed E-state index contributed by atoms with van der Waals surface area (Å²) >= 11 is 0. The van der Waals surface area contributed by atoms with Gasteiger partial charge in [0.15, 0.2) is 18.9 Å². The molecule has 3 aliphatic heterocycles. The van der Waals surface area contributed by atoms with Gasteiger partial charge in [0.05, 0.1) is 42.0 Å². The molecule has 2 aliphatic carbocycles. The van der Waals surface area contributed by atoms with Crippen molar-refractivity contribution in [3.63, 3.8) is 0 Å². The number of ketones is 1. The molecule has 0 aromatic carbocycles. The molecule has 0 spiro atoms. The van der Waals surface area contributed by atoms with Crippen molar-refractivity contribution in [2.45, 2.75) is 225 Å². The van der Waals surface area contributed by atoms with E-state index in [9.17, 15) is 50.8 Å². The third kappa shape index (κ3) is 11.1. The van der Waals surface area contributed by atoms with Crippen LogP contribution in [-0.4, -0.2) is 162 Å². The summed E-state index contributed by atoms with van der Waals surface area (Å²) in [5.41, 5.74) is 1.09. The van der Waals surface area contributed by atoms with Gasteiger partial charge in [-0.3, -0.25) is 4.79 Å². The first-order valence-corrected chi connectivity index (χ1v) is 23.1. The second kappa shape index (κ2) is 21.5. The summed E-state index contributed by atoms with van der Waals surface area (Å²) in [6.45, 7) is 20.1. The maximum absolute atomic E-state index is 14.9. The molecule has 0 aromatic rings. The lowest BCUT2D eigenvalue weighted by molar-refractivity contribution is -0.354. The molecule has 0 bridgehead atoms. The van der Waals surface area contributed by atoms with Crippen LogP contribution in [-0.2, 0) is 33.2 Å². The van der Waals surface area contributed by atoms with Gasteiger partial charge in [-0.15, -0.1) is 0 Å². The van der Waals surface area contributed by atoms with E-state index in [1.807, 2.05) is 66.7 Å². The van der Waals surface area contributed by atoms with Gasteiger partial charge in [-0.25, -0.2) is 0 Å². The van der Waals surface area contributed by atoms with Crippen LogP contribution in [0.3, 0.4) is 0 Å². The van der Waals surface area contributed by atoms with E-state index in [1.54, 1.807) is 26.8 Å². The Hall–Kier alpha value is -1.97. The van der Waals surface area contributed by atoms with Crippen LogP contribution in [0.2, 0.25) is 0 Å². The minimum atomic E-state index is -1.64. The Morgan fingerprint density at radius 1 is 0.656 bits per heavy atom. The quantitative estimate of drug-likeness (QED) is 0.107. The smallest absolute Gasteiger partial charge is 0.187 e. The van der Waals surface area contributed by atoms with Gasteiger partial charge in [0.2, 0.25) is 0 Å². The molecule has 64 heavy (non-hydrogen) atoms. The highest BCUT2D eigenvalue weighted by atomic mass is 16.7. The van der Waals surface area contributed by atoms with Gasteiger partial charge in [0.25, 0.3) is 0 Å². The van der Waals surface area contributed by atoms with Crippen LogP contribution in [0, 0.1) is 23.2 Å². The zero-order chi connectivity index (χ0) is 47.7. The number of ether oxygens (including phenoxy) is 6. The molecule has 0 amide bonds. The summed E-state index contributed by atoms with van der Waals surface area (Å²) in [5, 5.41) is 98.4. The van der Waals surface area contributed by atoms with E-state index in [-0.39, 0.29) is 24.0 Å². The summed E-state index contributed by atoms with van der Waals surface area (Å²) in [5.74, 6) is -1.43. The summed E-state index contributed by atoms with van der Waals surface area (Å²) in [6.07, 6.45) is -10.7. The van der Waals surface area contributed by atoms with E-state index >= 15 is 0 Å². The molecule has 3 saturated heterocycles. The van der Waals surface area contributed by atoms with Crippen molar-refractivity contribution >= 4 is 5.78 Å². The largest absolute Gasteiger partial charge is 0.388 e. The summed E-state index contributed by atoms with van der Waals surface area (Å²) in [4.78, 5) is 14.9. The monoisotopic (exact) mass is 911 g/mol. The molecule has 2 saturated carbocycles. The number of aliphatic hydroxyl groups excluding tert-OH is 8. The van der Waals surface area contributed by atoms with Crippen LogP contribution in [0.4, 0.5) is 0 Å². The minimum Gasteiger partial charge on any atom is -0.388 e. The Morgan fingerprint density at radius 2 is 1.12 bits per heavy atom. The first-order valence-electron chi connectivity index (χ1n) is 23.1. The van der Waals surface area contributed by atoms with Crippen molar-refractivity contribution in [2.24, 2.45) is 23.2 Å². The van der Waals surface area contributed by atoms with Gasteiger partial charge in [-0.2, -0.15) is 0 Å². The van der Waals surface area contributed by atoms with E-state index in [1.165, 1.54) is 6.92 Å². The predicted octanol–water partition coefficient (Wildman–Crippen LogP) is 2.63. The molecule has 0 radical (unpaired) electrons. The predicted molar refractivity (Wildman–Crippen MR) is 234 cm³/mol. The van der Waals surface area contributed by atoms with Crippen molar-refractivity contribution in [1.29, 1.82) is 0 Å². The fourth-order valence-electron chi connectivity index (χ4n) is 10.3. The van der Waals surface area contributed by atoms with Gasteiger partial charge >= 0.3 is 0 Å². The lowest BCUT2D eigenvalue weighted by Crippen LogP contribution is -2.63. The van der Waals surface area contributed by atoms with Gasteiger partial charge in [-0.1, -0.05) is 55.7 Å². The van der Waals surface area contributed by atoms with Crippen LogP contribution in [0.5, 0.6) is 0 Å². The van der Waals surface area contributed by atoms with E-state index in [4.69, 9.17) is 28.4 Å². The Kier molecular flexibility index (Phi) is 17.8. The van der Waals surface area contributed by atoms with Gasteiger partial charge < -0.3 is 74.4 Å². The number of rotatable bonds is 15. The average Bonchev–Trinajstić information content (AvgIpc) is 3.65. The molecule has 22 atom stereocenters. The fraction of sp³-hybridized carbons (Fsp3) is 0.812. The number of carbonyl (C=O) groups is 1. The maximum Gasteiger partial charge on any atom is 0.187 e. The van der Waals surface area contributed by atoms with Gasteiger partial charge in [-0.05, 0) is 117 Å². The molecule has 366 valence electrons. The molecule has 5 aliphatic rings. The second-order valence-corrected chi connectivity index (χ2v) is 20.0. The van der Waals surface area contributed by atoms with Crippen molar-refractivity contribution in [3.05, 3.63) is 46.6 Å². The Morgan fingerprint density at radius 3 is 1.66 bits per heavy atom. The van der Waals surface area contributed by atoms with E-state index in [0.717, 1.165) is 24.0 Å². The average molecular weight is 911 g/mol. The molecule has 2 unspecified atom stereocenters. The van der Waals surface area contributed by atoms with E-state index < -0.39 is 121 Å². The number of allylic oxidation sites excluding steroid dienone is 2. The minimum absolute atomic E-state index is 0.0696. The zero-order valence-electron chi connectivity index (χ0n) is 39.5. The van der Waals surface area contributed by atoms with Gasteiger partial charge in [0, 0.05) is 5.41 Å². The van der Waals surface area contributed by atoms with Crippen LogP contribution in [0.1, 0.15) is 115 Å². The van der Waals surface area contributed by atoms with Crippen LogP contribution in [0.15, 0.2) is 46.6 Å². The molecule has 5 rings (SSSR count). The number of carbonyl (C=O) groups excluding carboxylic acids is 1. The second-order valence-electron chi connectivity index (χ2n) is 20.0. The summed E-state index contributed by atoms with van der Waals surface area (Å²) < 4.78 is 36.1. The van der Waals surface area contributed by atoms with E-state index in [2.05, 4.69) is 0 Å². The SMILES string of the molecule is CC(C)=CCC(O[C@@H]1O[C@@H](C)[C@H](O)[C@@H](O)[C@H]1O)/C(C)=C/C[C@@]1(O)[C@H](C)[C@@H]2CCC[C@]2(C)C(=O)[C@@H]1/C=C(\C)C(CC=C(C)C)O[C@@H]1O[C@H](C)[C@H](O[C@@H]2O[C@@H](C)[C@H](O)[C@@H](O)[C@H]2O)[C@H](O)[C@H]1O. The van der Waals surface area contributed by atoms with Crippen molar-refractivity contribution in [3.8, 4) is 0 Å². The standard InChI is InChI=1S/C48H78O16/c1-22(2)14-16-32(62-44-39(54)36(51)34(49)27(8)59-44)24(5)18-20-48(58)26(7)30-13-12-19-47(30,11)43(57)31(48)21-25(6)33(17-15-23(3)4)63-45-41(56)38(53)42(29(10)61-45)64-46-40(55)37(52)35(50)28(9)60-46/h14-15,18,21,26-42,44-46,49-56,58H,12-13,16-17,19-20H2,1-11H3/b24-18+,25-21+/t26-,27+,28+,29-,30+,31+,32?,33?,34+,35+,36-,37-,38-,39-,40-,41-,42+,44+,45+,46+,47+,48-/m1/s1. The highest BCUT2D eigenvalue weighted by molar-refractivity contribution is 5.91. The zero-order valence-corrected chi connectivity index (χ0v) is 39.5. The Balaban J connectivity index is 1.43. The molecule has 3 heterocycles. The molecule has 0 aromatic heterocycles. The van der Waals surface area contributed by atoms with E-state index in [0.29, 0.717) is 30.4 Å². The first-order chi connectivity index (χ1) is 29.8. The highest BCUT2D eigenvalue weighted by Gasteiger charge is 2.62. The number of hydrogen-bond acceptors (Lipinski definition) is 16. The number of Topliss-reactive ketones (excluding diaryl/α,β-unsaturated/α-hetero) is 1.